The van der Waals surface area contributed by atoms with Gasteiger partial charge in [-0.3, -0.25) is 19.2 Å². The van der Waals surface area contributed by atoms with Gasteiger partial charge in [-0.25, -0.2) is 0 Å². The SMILES string of the molecule is CCC1/C=C(\C)CC(C)CC(OC)C2OC(O)(C(=O)C(=O)N3CCC(C3)C(=O)OC(/C(C)=C/C3CCC(Oc4ccc(O)cc4)C(OC)C3)C(C)CCC1=O)C(C)CC2OC. The number of aliphatic hydroxyl groups is 1. The average Bonchev–Trinajstić information content (AvgIpc) is 3.75. The first kappa shape index (κ1) is 48.4. The summed E-state index contributed by atoms with van der Waals surface area (Å²) in [6.45, 7) is 11.9. The summed E-state index contributed by atoms with van der Waals surface area (Å²) in [6.07, 6.45) is 6.82. The van der Waals surface area contributed by atoms with E-state index in [1.807, 2.05) is 27.7 Å². The number of methoxy groups -OCH3 is 3. The number of fused-ring (bicyclic) bond motifs is 4. The Bertz CT molecular complexity index is 1730. The third kappa shape index (κ3) is 11.9. The minimum Gasteiger partial charge on any atom is -0.508 e. The lowest BCUT2D eigenvalue weighted by Gasteiger charge is -2.46. The van der Waals surface area contributed by atoms with Gasteiger partial charge in [0.1, 0.15) is 35.6 Å². The van der Waals surface area contributed by atoms with Gasteiger partial charge in [-0.2, -0.15) is 0 Å². The molecule has 1 aliphatic carbocycles. The van der Waals surface area contributed by atoms with Crippen LogP contribution >= 0.6 is 0 Å². The largest absolute Gasteiger partial charge is 0.508 e. The van der Waals surface area contributed by atoms with Crippen molar-refractivity contribution in [3.8, 4) is 11.5 Å². The fourth-order valence-electron chi connectivity index (χ4n) is 9.96. The molecule has 340 valence electrons. The van der Waals surface area contributed by atoms with Crippen molar-refractivity contribution < 1.29 is 57.8 Å². The molecule has 61 heavy (non-hydrogen) atoms. The molecule has 3 aliphatic heterocycles. The molecule has 1 saturated carbocycles. The molecule has 3 heterocycles. The molecule has 4 aliphatic rings. The van der Waals surface area contributed by atoms with Crippen LogP contribution in [0.2, 0.25) is 0 Å². The number of nitrogens with zero attached hydrogens (tertiary/aromatic N) is 1. The highest BCUT2D eigenvalue weighted by molar-refractivity contribution is 6.38. The van der Waals surface area contributed by atoms with Crippen molar-refractivity contribution in [3.63, 3.8) is 0 Å². The maximum absolute atomic E-state index is 14.0. The van der Waals surface area contributed by atoms with Crippen molar-refractivity contribution in [1.29, 1.82) is 0 Å². The van der Waals surface area contributed by atoms with E-state index in [2.05, 4.69) is 19.1 Å². The summed E-state index contributed by atoms with van der Waals surface area (Å²) in [7, 11) is 4.78. The standard InChI is InChI=1S/C48H71NO12/c1-10-34-22-28(2)21-29(3)23-41(57-8)44-42(58-9)25-32(6)48(55,61-44)45(52)46(53)49-20-19-35(27-49)47(54)60-43(30(4)11-17-38(34)51)31(5)24-33-12-18-39(40(26-33)56-7)59-37-15-13-36(50)14-16-37/h13-16,22,24,29-30,32-35,39-44,50,55H,10-12,17-21,23,25-27H2,1-9H3/b28-22+,31-24+. The number of allylic oxidation sites excluding steroid dienone is 3. The zero-order chi connectivity index (χ0) is 44.6. The number of carbonyl (C=O) groups excluding carboxylic acids is 4. The normalized spacial score (nSPS) is 37.6. The Balaban J connectivity index is 1.40. The first-order valence-electron chi connectivity index (χ1n) is 22.4. The highest BCUT2D eigenvalue weighted by Crippen LogP contribution is 2.39. The lowest BCUT2D eigenvalue weighted by molar-refractivity contribution is -0.302. The summed E-state index contributed by atoms with van der Waals surface area (Å²) in [6, 6.07) is 6.65. The highest BCUT2D eigenvalue weighted by Gasteiger charge is 2.56. The van der Waals surface area contributed by atoms with E-state index in [9.17, 15) is 29.4 Å². The number of aromatic hydroxyl groups is 1. The van der Waals surface area contributed by atoms with Crippen LogP contribution in [0.3, 0.4) is 0 Å². The van der Waals surface area contributed by atoms with Crippen LogP contribution in [0.25, 0.3) is 0 Å². The minimum atomic E-state index is -2.42. The van der Waals surface area contributed by atoms with Gasteiger partial charge in [0.05, 0.1) is 24.2 Å². The lowest BCUT2D eigenvalue weighted by Crippen LogP contribution is -2.63. The van der Waals surface area contributed by atoms with Crippen molar-refractivity contribution in [3.05, 3.63) is 47.6 Å². The molecule has 13 nitrogen and oxygen atoms in total. The number of benzene rings is 1. The molecule has 13 atom stereocenters. The number of ether oxygens (including phenoxy) is 6. The lowest BCUT2D eigenvalue weighted by atomic mass is 9.82. The Morgan fingerprint density at radius 3 is 2.23 bits per heavy atom. The third-order valence-electron chi connectivity index (χ3n) is 13.6. The Kier molecular flexibility index (Phi) is 17.2. The number of phenolic OH excluding ortho intramolecular Hbond substituents is 1. The van der Waals surface area contributed by atoms with E-state index in [4.69, 9.17) is 28.4 Å². The van der Waals surface area contributed by atoms with E-state index >= 15 is 0 Å². The van der Waals surface area contributed by atoms with Crippen molar-refractivity contribution in [2.24, 2.45) is 35.5 Å². The molecule has 2 N–H and O–H groups in total. The van der Waals surface area contributed by atoms with Crippen LogP contribution in [-0.4, -0.2) is 115 Å². The van der Waals surface area contributed by atoms with Gasteiger partial charge in [0.2, 0.25) is 5.79 Å². The molecule has 0 spiro atoms. The zero-order valence-electron chi connectivity index (χ0n) is 37.8. The molecular weight excluding hydrogens is 783 g/mol. The predicted octanol–water partition coefficient (Wildman–Crippen LogP) is 6.76. The van der Waals surface area contributed by atoms with Crippen LogP contribution in [0, 0.1) is 35.5 Å². The van der Waals surface area contributed by atoms with Gasteiger partial charge in [-0.15, -0.1) is 0 Å². The summed E-state index contributed by atoms with van der Waals surface area (Å²) >= 11 is 0. The predicted molar refractivity (Wildman–Crippen MR) is 229 cm³/mol. The number of cyclic esters (lactones) is 1. The monoisotopic (exact) mass is 853 g/mol. The van der Waals surface area contributed by atoms with E-state index in [1.54, 1.807) is 52.5 Å². The maximum atomic E-state index is 14.0. The second kappa shape index (κ2) is 21.6. The summed E-state index contributed by atoms with van der Waals surface area (Å²) in [5, 5.41) is 21.6. The maximum Gasteiger partial charge on any atom is 0.311 e. The Morgan fingerprint density at radius 2 is 1.57 bits per heavy atom. The van der Waals surface area contributed by atoms with E-state index in [0.717, 1.165) is 24.0 Å². The van der Waals surface area contributed by atoms with Gasteiger partial charge in [0.15, 0.2) is 0 Å². The molecule has 4 bridgehead atoms. The summed E-state index contributed by atoms with van der Waals surface area (Å²) in [5.41, 5.74) is 1.95. The van der Waals surface area contributed by atoms with Gasteiger partial charge >= 0.3 is 5.97 Å². The average molecular weight is 854 g/mol. The zero-order valence-corrected chi connectivity index (χ0v) is 37.8. The molecule has 0 radical (unpaired) electrons. The first-order chi connectivity index (χ1) is 29.0. The van der Waals surface area contributed by atoms with Crippen LogP contribution in [0.1, 0.15) is 106 Å². The van der Waals surface area contributed by atoms with Crippen LogP contribution in [0.4, 0.5) is 0 Å². The number of carbonyl (C=O) groups is 4. The number of rotatable bonds is 8. The number of hydrogen-bond acceptors (Lipinski definition) is 12. The molecule has 1 aromatic rings. The van der Waals surface area contributed by atoms with Gasteiger partial charge < -0.3 is 43.5 Å². The quantitative estimate of drug-likeness (QED) is 0.161. The smallest absolute Gasteiger partial charge is 0.311 e. The van der Waals surface area contributed by atoms with E-state index in [0.29, 0.717) is 44.3 Å². The van der Waals surface area contributed by atoms with E-state index < -0.39 is 59.7 Å². The van der Waals surface area contributed by atoms with E-state index in [-0.39, 0.29) is 73.3 Å². The van der Waals surface area contributed by atoms with Crippen LogP contribution < -0.4 is 4.74 Å². The topological polar surface area (TPSA) is 167 Å². The summed E-state index contributed by atoms with van der Waals surface area (Å²) in [4.78, 5) is 57.0. The second-order valence-electron chi connectivity index (χ2n) is 18.4. The number of amides is 1. The summed E-state index contributed by atoms with van der Waals surface area (Å²) < 4.78 is 36.5. The Labute approximate surface area is 362 Å². The number of esters is 1. The molecule has 0 aromatic heterocycles. The number of ketones is 2. The van der Waals surface area contributed by atoms with Gasteiger partial charge in [0.25, 0.3) is 11.7 Å². The van der Waals surface area contributed by atoms with Crippen LogP contribution in [0.5, 0.6) is 11.5 Å². The fraction of sp³-hybridized carbons (Fsp3) is 0.708. The van der Waals surface area contributed by atoms with Crippen LogP contribution in [-0.2, 0) is 42.9 Å². The first-order valence-corrected chi connectivity index (χ1v) is 22.4. The van der Waals surface area contributed by atoms with E-state index in [1.165, 1.54) is 4.90 Å². The highest BCUT2D eigenvalue weighted by atomic mass is 16.7. The van der Waals surface area contributed by atoms with Crippen molar-refractivity contribution in [2.45, 2.75) is 148 Å². The molecule has 5 rings (SSSR count). The van der Waals surface area contributed by atoms with Gasteiger partial charge in [0, 0.05) is 52.7 Å². The van der Waals surface area contributed by atoms with Crippen LogP contribution in [0.15, 0.2) is 47.6 Å². The van der Waals surface area contributed by atoms with Gasteiger partial charge in [-0.1, -0.05) is 45.4 Å². The fourth-order valence-corrected chi connectivity index (χ4v) is 9.96. The molecule has 1 amide bonds. The van der Waals surface area contributed by atoms with Crippen molar-refractivity contribution >= 4 is 23.4 Å². The molecule has 13 heteroatoms. The summed E-state index contributed by atoms with van der Waals surface area (Å²) in [5.74, 6) is -5.63. The third-order valence-corrected chi connectivity index (χ3v) is 13.6. The molecule has 2 saturated heterocycles. The Hall–Kier alpha value is -3.62. The number of hydrogen-bond donors (Lipinski definition) is 2. The molecule has 3 fully saturated rings. The van der Waals surface area contributed by atoms with Gasteiger partial charge in [-0.05, 0) is 119 Å². The minimum absolute atomic E-state index is 0.0387. The second-order valence-corrected chi connectivity index (χ2v) is 18.4. The molecule has 13 unspecified atom stereocenters. The molecular formula is C48H71NO12. The number of Topliss-reactive ketones (excluding diaryl/α,β-unsaturated/α-hetero) is 2. The van der Waals surface area contributed by atoms with Crippen molar-refractivity contribution in [2.75, 3.05) is 34.4 Å². The molecule has 1 aromatic carbocycles. The Morgan fingerprint density at radius 1 is 0.902 bits per heavy atom. The number of phenols is 1. The van der Waals surface area contributed by atoms with Crippen molar-refractivity contribution in [1.82, 2.24) is 4.90 Å².